The highest BCUT2D eigenvalue weighted by atomic mass is 16.5. The van der Waals surface area contributed by atoms with Crippen molar-refractivity contribution in [2.75, 3.05) is 44.6 Å². The van der Waals surface area contributed by atoms with E-state index in [4.69, 9.17) is 24.2 Å². The number of nitrogens with one attached hydrogen (secondary N) is 1. The van der Waals surface area contributed by atoms with Crippen molar-refractivity contribution in [2.45, 2.75) is 25.8 Å². The van der Waals surface area contributed by atoms with Gasteiger partial charge in [0.05, 0.1) is 26.8 Å². The van der Waals surface area contributed by atoms with E-state index in [1.54, 1.807) is 21.3 Å². The summed E-state index contributed by atoms with van der Waals surface area (Å²) in [6.07, 6.45) is 3.64. The lowest BCUT2D eigenvalue weighted by molar-refractivity contribution is 0.324. The number of ether oxygens (including phenoxy) is 3. The van der Waals surface area contributed by atoms with Crippen LogP contribution in [-0.2, 0) is 6.54 Å². The summed E-state index contributed by atoms with van der Waals surface area (Å²) in [6, 6.07) is 12.0. The average molecular weight is 409 g/mol. The number of anilines is 2. The first-order chi connectivity index (χ1) is 14.7. The standard InChI is InChI=1S/C23H28N4O3/c1-28-19-13-16(14-20(29-2)21(19)30-3)15-24-22-17-9-5-6-10-18(17)25-23(26-22)27-11-7-4-8-12-27/h5-6,9-10,13-14H,4,7-8,11-12,15H2,1-3H3,(H,24,25,26). The lowest BCUT2D eigenvalue weighted by Crippen LogP contribution is -2.31. The lowest BCUT2D eigenvalue weighted by atomic mass is 10.1. The van der Waals surface area contributed by atoms with Crippen molar-refractivity contribution in [3.8, 4) is 17.2 Å². The van der Waals surface area contributed by atoms with Crippen molar-refractivity contribution in [1.82, 2.24) is 9.97 Å². The topological polar surface area (TPSA) is 68.7 Å². The predicted molar refractivity (Wildman–Crippen MR) is 119 cm³/mol. The molecule has 1 aliphatic heterocycles. The van der Waals surface area contributed by atoms with Gasteiger partial charge < -0.3 is 24.4 Å². The molecule has 1 N–H and O–H groups in total. The molecule has 0 saturated carbocycles. The molecular weight excluding hydrogens is 380 g/mol. The molecule has 7 nitrogen and oxygen atoms in total. The molecule has 0 aliphatic carbocycles. The SMILES string of the molecule is COc1cc(CNc2nc(N3CCCCC3)nc3ccccc23)cc(OC)c1OC. The Morgan fingerprint density at radius 3 is 2.27 bits per heavy atom. The van der Waals surface area contributed by atoms with Crippen LogP contribution in [0.1, 0.15) is 24.8 Å². The Morgan fingerprint density at radius 2 is 1.60 bits per heavy atom. The molecule has 0 radical (unpaired) electrons. The van der Waals surface area contributed by atoms with Gasteiger partial charge in [0.2, 0.25) is 11.7 Å². The summed E-state index contributed by atoms with van der Waals surface area (Å²) in [7, 11) is 4.85. The van der Waals surface area contributed by atoms with E-state index in [1.807, 2.05) is 36.4 Å². The number of hydrogen-bond acceptors (Lipinski definition) is 7. The van der Waals surface area contributed by atoms with Crippen LogP contribution in [0.25, 0.3) is 10.9 Å². The van der Waals surface area contributed by atoms with E-state index >= 15 is 0 Å². The smallest absolute Gasteiger partial charge is 0.227 e. The van der Waals surface area contributed by atoms with Crippen LogP contribution in [-0.4, -0.2) is 44.4 Å². The van der Waals surface area contributed by atoms with E-state index in [9.17, 15) is 0 Å². The van der Waals surface area contributed by atoms with Crippen LogP contribution in [0.15, 0.2) is 36.4 Å². The van der Waals surface area contributed by atoms with Crippen LogP contribution in [0.2, 0.25) is 0 Å². The number of aromatic nitrogens is 2. The van der Waals surface area contributed by atoms with E-state index in [-0.39, 0.29) is 0 Å². The summed E-state index contributed by atoms with van der Waals surface area (Å²) in [4.78, 5) is 12.0. The predicted octanol–water partition coefficient (Wildman–Crippen LogP) is 4.26. The third kappa shape index (κ3) is 4.06. The number of methoxy groups -OCH3 is 3. The van der Waals surface area contributed by atoms with Crippen LogP contribution in [0.3, 0.4) is 0 Å². The van der Waals surface area contributed by atoms with Crippen molar-refractivity contribution >= 4 is 22.7 Å². The summed E-state index contributed by atoms with van der Waals surface area (Å²) in [5, 5.41) is 4.50. The zero-order valence-corrected chi connectivity index (χ0v) is 17.8. The summed E-state index contributed by atoms with van der Waals surface area (Å²) in [5.41, 5.74) is 1.95. The van der Waals surface area contributed by atoms with Gasteiger partial charge in [0.15, 0.2) is 11.5 Å². The molecule has 1 fully saturated rings. The zero-order valence-electron chi connectivity index (χ0n) is 17.8. The highest BCUT2D eigenvalue weighted by Crippen LogP contribution is 2.38. The first kappa shape index (κ1) is 20.1. The first-order valence-electron chi connectivity index (χ1n) is 10.3. The molecule has 1 aliphatic rings. The lowest BCUT2D eigenvalue weighted by Gasteiger charge is -2.27. The molecule has 3 aromatic rings. The van der Waals surface area contributed by atoms with Crippen molar-refractivity contribution in [1.29, 1.82) is 0 Å². The Kier molecular flexibility index (Phi) is 6.07. The molecule has 0 atom stereocenters. The van der Waals surface area contributed by atoms with Crippen molar-refractivity contribution in [2.24, 2.45) is 0 Å². The number of nitrogens with zero attached hydrogens (tertiary/aromatic N) is 3. The molecular formula is C23H28N4O3. The normalized spacial score (nSPS) is 13.9. The number of rotatable bonds is 7. The van der Waals surface area contributed by atoms with Crippen molar-refractivity contribution in [3.63, 3.8) is 0 Å². The zero-order chi connectivity index (χ0) is 20.9. The highest BCUT2D eigenvalue weighted by molar-refractivity contribution is 5.90. The van der Waals surface area contributed by atoms with Gasteiger partial charge in [0.1, 0.15) is 5.82 Å². The van der Waals surface area contributed by atoms with Crippen LogP contribution in [0, 0.1) is 0 Å². The first-order valence-corrected chi connectivity index (χ1v) is 10.3. The van der Waals surface area contributed by atoms with Crippen LogP contribution >= 0.6 is 0 Å². The maximum absolute atomic E-state index is 5.48. The van der Waals surface area contributed by atoms with E-state index in [2.05, 4.69) is 10.2 Å². The second kappa shape index (κ2) is 9.07. The molecule has 0 spiro atoms. The summed E-state index contributed by atoms with van der Waals surface area (Å²) < 4.78 is 16.4. The van der Waals surface area contributed by atoms with Gasteiger partial charge in [-0.1, -0.05) is 12.1 Å². The fourth-order valence-electron chi connectivity index (χ4n) is 3.86. The van der Waals surface area contributed by atoms with E-state index in [0.717, 1.165) is 41.3 Å². The van der Waals surface area contributed by atoms with Gasteiger partial charge in [-0.2, -0.15) is 4.98 Å². The minimum atomic E-state index is 0.567. The monoisotopic (exact) mass is 408 g/mol. The molecule has 4 rings (SSSR count). The molecule has 30 heavy (non-hydrogen) atoms. The van der Waals surface area contributed by atoms with Crippen LogP contribution in [0.5, 0.6) is 17.2 Å². The number of fused-ring (bicyclic) bond motifs is 1. The van der Waals surface area contributed by atoms with Crippen molar-refractivity contribution < 1.29 is 14.2 Å². The van der Waals surface area contributed by atoms with E-state index in [0.29, 0.717) is 23.8 Å². The van der Waals surface area contributed by atoms with Gasteiger partial charge >= 0.3 is 0 Å². The van der Waals surface area contributed by atoms with E-state index in [1.165, 1.54) is 19.3 Å². The average Bonchev–Trinajstić information content (AvgIpc) is 2.82. The van der Waals surface area contributed by atoms with Crippen LogP contribution < -0.4 is 24.4 Å². The van der Waals surface area contributed by atoms with Crippen LogP contribution in [0.4, 0.5) is 11.8 Å². The van der Waals surface area contributed by atoms with E-state index < -0.39 is 0 Å². The summed E-state index contributed by atoms with van der Waals surface area (Å²) in [5.74, 6) is 3.48. The second-order valence-corrected chi connectivity index (χ2v) is 7.32. The largest absolute Gasteiger partial charge is 0.493 e. The molecule has 2 heterocycles. The molecule has 0 unspecified atom stereocenters. The Balaban J connectivity index is 1.65. The maximum Gasteiger partial charge on any atom is 0.227 e. The van der Waals surface area contributed by atoms with Gasteiger partial charge in [-0.05, 0) is 49.1 Å². The molecule has 7 heteroatoms. The third-order valence-electron chi connectivity index (χ3n) is 5.41. The number of para-hydroxylation sites is 1. The van der Waals surface area contributed by atoms with Gasteiger partial charge in [0.25, 0.3) is 0 Å². The fraction of sp³-hybridized carbons (Fsp3) is 0.391. The quantitative estimate of drug-likeness (QED) is 0.626. The second-order valence-electron chi connectivity index (χ2n) is 7.32. The maximum atomic E-state index is 5.48. The van der Waals surface area contributed by atoms with Gasteiger partial charge in [0, 0.05) is 25.0 Å². The summed E-state index contributed by atoms with van der Waals surface area (Å²) in [6.45, 7) is 2.58. The minimum absolute atomic E-state index is 0.567. The van der Waals surface area contributed by atoms with Gasteiger partial charge in [-0.3, -0.25) is 0 Å². The van der Waals surface area contributed by atoms with Gasteiger partial charge in [-0.25, -0.2) is 4.98 Å². The van der Waals surface area contributed by atoms with Crippen molar-refractivity contribution in [3.05, 3.63) is 42.0 Å². The number of benzene rings is 2. The Hall–Kier alpha value is -3.22. The molecule has 1 saturated heterocycles. The fourth-order valence-corrected chi connectivity index (χ4v) is 3.86. The summed E-state index contributed by atoms with van der Waals surface area (Å²) >= 11 is 0. The Labute approximate surface area is 177 Å². The third-order valence-corrected chi connectivity index (χ3v) is 5.41. The molecule has 158 valence electrons. The highest BCUT2D eigenvalue weighted by Gasteiger charge is 2.17. The minimum Gasteiger partial charge on any atom is -0.493 e. The molecule has 0 bridgehead atoms. The number of hydrogen-bond donors (Lipinski definition) is 1. The number of piperidine rings is 1. The van der Waals surface area contributed by atoms with Gasteiger partial charge in [-0.15, -0.1) is 0 Å². The Bertz CT molecular complexity index is 993. The molecule has 0 amide bonds. The molecule has 2 aromatic carbocycles. The Morgan fingerprint density at radius 1 is 0.900 bits per heavy atom. The molecule has 1 aromatic heterocycles.